The van der Waals surface area contributed by atoms with Crippen LogP contribution in [0.25, 0.3) is 0 Å². The predicted octanol–water partition coefficient (Wildman–Crippen LogP) is 0.945. The van der Waals surface area contributed by atoms with Crippen molar-refractivity contribution >= 4 is 6.09 Å². The monoisotopic (exact) mass is 240 g/mol. The molecule has 1 aromatic heterocycles. The van der Waals surface area contributed by atoms with Gasteiger partial charge in [-0.1, -0.05) is 0 Å². The van der Waals surface area contributed by atoms with Gasteiger partial charge in [0.15, 0.2) is 0 Å². The molecule has 1 amide bonds. The first-order valence-electron chi connectivity index (χ1n) is 5.49. The molecule has 0 saturated carbocycles. The summed E-state index contributed by atoms with van der Waals surface area (Å²) in [5, 5.41) is 2.72. The topological polar surface area (TPSA) is 82.2 Å². The molecule has 0 saturated heterocycles. The largest absolute Gasteiger partial charge is 0.444 e. The van der Waals surface area contributed by atoms with Crippen molar-refractivity contribution in [2.75, 3.05) is 6.54 Å². The number of carbonyl (C=O) groups is 1. The van der Waals surface area contributed by atoms with Crippen LogP contribution in [0, 0.1) is 0 Å². The minimum absolute atomic E-state index is 0.290. The number of hydrogen-bond donors (Lipinski definition) is 2. The van der Waals surface area contributed by atoms with Crippen LogP contribution < -0.4 is 11.1 Å². The summed E-state index contributed by atoms with van der Waals surface area (Å²) in [4.78, 5) is 15.6. The number of aromatic nitrogens is 2. The molecule has 6 heteroatoms. The second-order valence-electron chi connectivity index (χ2n) is 4.86. The molecule has 1 heterocycles. The van der Waals surface area contributed by atoms with Gasteiger partial charge < -0.3 is 20.4 Å². The normalized spacial score (nSPS) is 13.2. The molecule has 1 rings (SSSR count). The lowest BCUT2D eigenvalue weighted by atomic mass is 10.2. The van der Waals surface area contributed by atoms with Gasteiger partial charge in [0, 0.05) is 13.6 Å². The van der Waals surface area contributed by atoms with E-state index in [2.05, 4.69) is 10.3 Å². The number of carbonyl (C=O) groups excluding carboxylic acids is 1. The molecule has 3 N–H and O–H groups in total. The van der Waals surface area contributed by atoms with Crippen LogP contribution in [0.2, 0.25) is 0 Å². The number of rotatable bonds is 3. The van der Waals surface area contributed by atoms with E-state index >= 15 is 0 Å². The van der Waals surface area contributed by atoms with Crippen molar-refractivity contribution in [3.8, 4) is 0 Å². The number of nitrogens with one attached hydrogen (secondary N) is 1. The molecule has 0 aliphatic heterocycles. The Balaban J connectivity index is 2.66. The quantitative estimate of drug-likeness (QED) is 0.824. The van der Waals surface area contributed by atoms with Gasteiger partial charge in [0.2, 0.25) is 0 Å². The Hall–Kier alpha value is -1.56. The summed E-state index contributed by atoms with van der Waals surface area (Å²) in [5.41, 5.74) is 5.96. The average molecular weight is 240 g/mol. The fourth-order valence-corrected chi connectivity index (χ4v) is 1.41. The zero-order valence-corrected chi connectivity index (χ0v) is 10.7. The minimum atomic E-state index is -0.518. The van der Waals surface area contributed by atoms with Crippen LogP contribution >= 0.6 is 0 Å². The van der Waals surface area contributed by atoms with E-state index in [-0.39, 0.29) is 6.04 Å². The zero-order valence-electron chi connectivity index (χ0n) is 10.7. The molecule has 6 nitrogen and oxygen atoms in total. The van der Waals surface area contributed by atoms with Crippen molar-refractivity contribution in [2.45, 2.75) is 32.4 Å². The van der Waals surface area contributed by atoms with E-state index < -0.39 is 11.7 Å². The molecule has 96 valence electrons. The lowest BCUT2D eigenvalue weighted by Crippen LogP contribution is -2.38. The van der Waals surface area contributed by atoms with Crippen molar-refractivity contribution in [1.82, 2.24) is 14.9 Å². The highest BCUT2D eigenvalue weighted by Crippen LogP contribution is 2.12. The zero-order chi connectivity index (χ0) is 13.1. The van der Waals surface area contributed by atoms with E-state index in [1.165, 1.54) is 0 Å². The van der Waals surface area contributed by atoms with Crippen molar-refractivity contribution in [1.29, 1.82) is 0 Å². The maximum atomic E-state index is 11.6. The van der Waals surface area contributed by atoms with Crippen molar-refractivity contribution in [3.05, 3.63) is 18.2 Å². The first-order valence-corrected chi connectivity index (χ1v) is 5.49. The Kier molecular flexibility index (Phi) is 4.11. The minimum Gasteiger partial charge on any atom is -0.444 e. The third-order valence-corrected chi connectivity index (χ3v) is 2.14. The Labute approximate surface area is 101 Å². The van der Waals surface area contributed by atoms with Gasteiger partial charge in [0.1, 0.15) is 5.60 Å². The van der Waals surface area contributed by atoms with Crippen molar-refractivity contribution in [2.24, 2.45) is 12.8 Å². The van der Waals surface area contributed by atoms with Crippen LogP contribution in [0.15, 0.2) is 12.5 Å². The highest BCUT2D eigenvalue weighted by Gasteiger charge is 2.21. The second kappa shape index (κ2) is 5.18. The van der Waals surface area contributed by atoms with Crippen LogP contribution in [-0.2, 0) is 11.8 Å². The number of ether oxygens (including phenoxy) is 1. The molecular formula is C11H20N4O2. The standard InChI is InChI=1S/C11H20N4O2/c1-11(2,3)17-10(16)14-8(5-12)9-6-13-7-15(9)4/h6-8H,5,12H2,1-4H3,(H,14,16). The first kappa shape index (κ1) is 13.5. The van der Waals surface area contributed by atoms with Crippen LogP contribution in [0.1, 0.15) is 32.5 Å². The number of hydrogen-bond acceptors (Lipinski definition) is 4. The van der Waals surface area contributed by atoms with Gasteiger partial charge in [-0.2, -0.15) is 0 Å². The Morgan fingerprint density at radius 1 is 1.65 bits per heavy atom. The first-order chi connectivity index (χ1) is 7.83. The van der Waals surface area contributed by atoms with Gasteiger partial charge in [0.25, 0.3) is 0 Å². The summed E-state index contributed by atoms with van der Waals surface area (Å²) in [6.07, 6.45) is 2.86. The van der Waals surface area contributed by atoms with Gasteiger partial charge >= 0.3 is 6.09 Å². The summed E-state index contributed by atoms with van der Waals surface area (Å²) in [7, 11) is 1.85. The van der Waals surface area contributed by atoms with Gasteiger partial charge in [-0.3, -0.25) is 0 Å². The molecule has 0 aromatic carbocycles. The van der Waals surface area contributed by atoms with Gasteiger partial charge in [-0.15, -0.1) is 0 Å². The highest BCUT2D eigenvalue weighted by molar-refractivity contribution is 5.68. The predicted molar refractivity (Wildman–Crippen MR) is 64.4 cm³/mol. The van der Waals surface area contributed by atoms with E-state index in [4.69, 9.17) is 10.5 Å². The Bertz CT molecular complexity index is 381. The number of imidazole rings is 1. The lowest BCUT2D eigenvalue weighted by molar-refractivity contribution is 0.0503. The molecule has 0 fully saturated rings. The third-order valence-electron chi connectivity index (χ3n) is 2.14. The number of alkyl carbamates (subject to hydrolysis) is 1. The molecule has 0 radical (unpaired) electrons. The lowest BCUT2D eigenvalue weighted by Gasteiger charge is -2.23. The molecule has 0 aliphatic rings. The Morgan fingerprint density at radius 2 is 2.29 bits per heavy atom. The maximum Gasteiger partial charge on any atom is 0.408 e. The molecule has 1 atom stereocenters. The van der Waals surface area contributed by atoms with Crippen molar-refractivity contribution in [3.63, 3.8) is 0 Å². The van der Waals surface area contributed by atoms with E-state index in [9.17, 15) is 4.79 Å². The van der Waals surface area contributed by atoms with Gasteiger partial charge in [-0.05, 0) is 20.8 Å². The molecule has 0 aliphatic carbocycles. The molecule has 1 unspecified atom stereocenters. The molecule has 1 aromatic rings. The van der Waals surface area contributed by atoms with E-state index in [0.717, 1.165) is 5.69 Å². The van der Waals surface area contributed by atoms with Gasteiger partial charge in [-0.25, -0.2) is 9.78 Å². The second-order valence-corrected chi connectivity index (χ2v) is 4.86. The molecule has 0 spiro atoms. The summed E-state index contributed by atoms with van der Waals surface area (Å²) in [6, 6.07) is -0.294. The number of nitrogens with two attached hydrogens (primary N) is 1. The summed E-state index contributed by atoms with van der Waals surface area (Å²) in [6.45, 7) is 5.73. The SMILES string of the molecule is Cn1cncc1C(CN)NC(=O)OC(C)(C)C. The van der Waals surface area contributed by atoms with Gasteiger partial charge in [0.05, 0.1) is 24.3 Å². The number of amides is 1. The fraction of sp³-hybridized carbons (Fsp3) is 0.636. The van der Waals surface area contributed by atoms with E-state index in [1.807, 2.05) is 32.4 Å². The van der Waals surface area contributed by atoms with Crippen LogP contribution in [0.5, 0.6) is 0 Å². The van der Waals surface area contributed by atoms with Crippen molar-refractivity contribution < 1.29 is 9.53 Å². The number of aryl methyl sites for hydroxylation is 1. The molecule has 0 bridgehead atoms. The number of nitrogens with zero attached hydrogens (tertiary/aromatic N) is 2. The molecular weight excluding hydrogens is 220 g/mol. The maximum absolute atomic E-state index is 11.6. The van der Waals surface area contributed by atoms with E-state index in [1.54, 1.807) is 12.5 Å². The summed E-state index contributed by atoms with van der Waals surface area (Å²) < 4.78 is 6.99. The smallest absolute Gasteiger partial charge is 0.408 e. The fourth-order valence-electron chi connectivity index (χ4n) is 1.41. The average Bonchev–Trinajstić information content (AvgIpc) is 2.58. The Morgan fingerprint density at radius 3 is 2.71 bits per heavy atom. The van der Waals surface area contributed by atoms with Crippen LogP contribution in [-0.4, -0.2) is 27.8 Å². The van der Waals surface area contributed by atoms with Crippen LogP contribution in [0.4, 0.5) is 4.79 Å². The molecule has 17 heavy (non-hydrogen) atoms. The summed E-state index contributed by atoms with van der Waals surface area (Å²) >= 11 is 0. The summed E-state index contributed by atoms with van der Waals surface area (Å²) in [5.74, 6) is 0. The van der Waals surface area contributed by atoms with E-state index in [0.29, 0.717) is 6.54 Å². The third kappa shape index (κ3) is 4.07. The highest BCUT2D eigenvalue weighted by atomic mass is 16.6. The van der Waals surface area contributed by atoms with Crippen LogP contribution in [0.3, 0.4) is 0 Å².